The van der Waals surface area contributed by atoms with Crippen LogP contribution >= 0.6 is 0 Å². The van der Waals surface area contributed by atoms with Crippen LogP contribution in [0.5, 0.6) is 0 Å². The number of nitrogens with zero attached hydrogens (tertiary/aromatic N) is 2. The van der Waals surface area contributed by atoms with Crippen LogP contribution in [0.25, 0.3) is 0 Å². The van der Waals surface area contributed by atoms with Crippen molar-refractivity contribution in [1.29, 1.82) is 0 Å². The largest absolute Gasteiger partial charge is 0.467 e. The summed E-state index contributed by atoms with van der Waals surface area (Å²) in [6, 6.07) is 19.0. The molecule has 0 saturated heterocycles. The van der Waals surface area contributed by atoms with Gasteiger partial charge in [0.05, 0.1) is 12.8 Å². The number of hydrogen-bond donors (Lipinski definition) is 1. The summed E-state index contributed by atoms with van der Waals surface area (Å²) in [6.07, 6.45) is 2.22. The van der Waals surface area contributed by atoms with Crippen molar-refractivity contribution in [2.24, 2.45) is 0 Å². The molecule has 0 aliphatic rings. The van der Waals surface area contributed by atoms with Crippen LogP contribution in [0, 0.1) is 13.8 Å². The number of nitrogens with one attached hydrogen (secondary N) is 1. The van der Waals surface area contributed by atoms with Crippen molar-refractivity contribution in [1.82, 2.24) is 9.80 Å². The summed E-state index contributed by atoms with van der Waals surface area (Å²) in [5, 5.41) is 3.00. The Morgan fingerprint density at radius 1 is 0.912 bits per heavy atom. The molecule has 3 aromatic rings. The second-order valence-corrected chi connectivity index (χ2v) is 8.28. The van der Waals surface area contributed by atoms with Gasteiger partial charge in [-0.2, -0.15) is 0 Å². The molecule has 7 heteroatoms. The van der Waals surface area contributed by atoms with Gasteiger partial charge in [-0.15, -0.1) is 0 Å². The summed E-state index contributed by atoms with van der Waals surface area (Å²) in [5.74, 6) is 0.532. The standard InChI is InChI=1S/C27H33N3O4/c1-21-10-7-11-22(2)26(21)28-27(32)29(15-9-16-33-3)20-25(31)30(19-24-14-8-17-34-24)18-23-12-5-4-6-13-23/h4-8,10-14,17H,9,15-16,18-20H2,1-3H3,(H,28,32). The number of ether oxygens (including phenoxy) is 1. The molecule has 0 fully saturated rings. The molecule has 180 valence electrons. The highest BCUT2D eigenvalue weighted by Crippen LogP contribution is 2.20. The molecule has 0 aliphatic carbocycles. The van der Waals surface area contributed by atoms with Crippen LogP contribution in [0.3, 0.4) is 0 Å². The second kappa shape index (κ2) is 12.6. The predicted octanol–water partition coefficient (Wildman–Crippen LogP) is 5.00. The van der Waals surface area contributed by atoms with Gasteiger partial charge in [-0.05, 0) is 49.1 Å². The number of carbonyl (C=O) groups is 2. The van der Waals surface area contributed by atoms with Crippen molar-refractivity contribution >= 4 is 17.6 Å². The maximum absolute atomic E-state index is 13.4. The maximum Gasteiger partial charge on any atom is 0.322 e. The number of amides is 3. The zero-order valence-electron chi connectivity index (χ0n) is 20.1. The molecule has 34 heavy (non-hydrogen) atoms. The number of urea groups is 1. The minimum atomic E-state index is -0.306. The Bertz CT molecular complexity index is 1030. The van der Waals surface area contributed by atoms with Gasteiger partial charge in [-0.3, -0.25) is 4.79 Å². The van der Waals surface area contributed by atoms with Crippen LogP contribution in [0.1, 0.15) is 28.9 Å². The first-order valence-corrected chi connectivity index (χ1v) is 11.4. The van der Waals surface area contributed by atoms with E-state index in [9.17, 15) is 9.59 Å². The highest BCUT2D eigenvalue weighted by molar-refractivity contribution is 5.93. The van der Waals surface area contributed by atoms with E-state index in [-0.39, 0.29) is 18.5 Å². The number of rotatable bonds is 11. The van der Waals surface area contributed by atoms with E-state index in [1.165, 1.54) is 0 Å². The van der Waals surface area contributed by atoms with Crippen LogP contribution < -0.4 is 5.32 Å². The molecule has 7 nitrogen and oxygen atoms in total. The van der Waals surface area contributed by atoms with Gasteiger partial charge in [0.15, 0.2) is 0 Å². The Morgan fingerprint density at radius 2 is 1.65 bits per heavy atom. The second-order valence-electron chi connectivity index (χ2n) is 8.28. The Morgan fingerprint density at radius 3 is 2.29 bits per heavy atom. The lowest BCUT2D eigenvalue weighted by Gasteiger charge is -2.28. The zero-order valence-corrected chi connectivity index (χ0v) is 20.1. The fraction of sp³-hybridized carbons (Fsp3) is 0.333. The maximum atomic E-state index is 13.4. The Balaban J connectivity index is 1.77. The summed E-state index contributed by atoms with van der Waals surface area (Å²) >= 11 is 0. The monoisotopic (exact) mass is 463 g/mol. The molecule has 0 aliphatic heterocycles. The minimum Gasteiger partial charge on any atom is -0.467 e. The lowest BCUT2D eigenvalue weighted by molar-refractivity contribution is -0.133. The van der Waals surface area contributed by atoms with Gasteiger partial charge in [0.2, 0.25) is 5.91 Å². The number of benzene rings is 2. The molecule has 0 bridgehead atoms. The van der Waals surface area contributed by atoms with Crippen molar-refractivity contribution in [3.8, 4) is 0 Å². The van der Waals surface area contributed by atoms with E-state index >= 15 is 0 Å². The number of carbonyl (C=O) groups excluding carboxylic acids is 2. The fourth-order valence-electron chi connectivity index (χ4n) is 3.74. The third kappa shape index (κ3) is 7.22. The Hall–Kier alpha value is -3.58. The SMILES string of the molecule is COCCCN(CC(=O)N(Cc1ccccc1)Cc1ccco1)C(=O)Nc1c(C)cccc1C. The van der Waals surface area contributed by atoms with Gasteiger partial charge in [-0.1, -0.05) is 48.5 Å². The number of hydrogen-bond acceptors (Lipinski definition) is 4. The molecule has 1 N–H and O–H groups in total. The van der Waals surface area contributed by atoms with E-state index in [4.69, 9.17) is 9.15 Å². The van der Waals surface area contributed by atoms with Gasteiger partial charge in [0, 0.05) is 32.5 Å². The summed E-state index contributed by atoms with van der Waals surface area (Å²) in [6.45, 7) is 5.50. The van der Waals surface area contributed by atoms with Crippen molar-refractivity contribution in [2.45, 2.75) is 33.4 Å². The topological polar surface area (TPSA) is 75.0 Å². The average molecular weight is 464 g/mol. The fourth-order valence-corrected chi connectivity index (χ4v) is 3.74. The highest BCUT2D eigenvalue weighted by Gasteiger charge is 2.23. The first kappa shape index (κ1) is 25.1. The lowest BCUT2D eigenvalue weighted by atomic mass is 10.1. The molecular weight excluding hydrogens is 430 g/mol. The molecule has 1 aromatic heterocycles. The molecule has 2 aromatic carbocycles. The third-order valence-electron chi connectivity index (χ3n) is 5.60. The van der Waals surface area contributed by atoms with Crippen molar-refractivity contribution in [2.75, 3.05) is 32.1 Å². The molecule has 1 heterocycles. The number of para-hydroxylation sites is 1. The molecule has 0 atom stereocenters. The van der Waals surface area contributed by atoms with E-state index in [1.54, 1.807) is 29.2 Å². The molecular formula is C27H33N3O4. The Labute approximate surface area is 201 Å². The quantitative estimate of drug-likeness (QED) is 0.406. The predicted molar refractivity (Wildman–Crippen MR) is 132 cm³/mol. The van der Waals surface area contributed by atoms with Crippen LogP contribution in [0.2, 0.25) is 0 Å². The smallest absolute Gasteiger partial charge is 0.322 e. The minimum absolute atomic E-state index is 0.0476. The normalized spacial score (nSPS) is 10.7. The molecule has 0 saturated carbocycles. The summed E-state index contributed by atoms with van der Waals surface area (Å²) in [7, 11) is 1.62. The van der Waals surface area contributed by atoms with E-state index in [0.717, 1.165) is 22.4 Å². The van der Waals surface area contributed by atoms with Gasteiger partial charge in [-0.25, -0.2) is 4.79 Å². The van der Waals surface area contributed by atoms with Gasteiger partial charge >= 0.3 is 6.03 Å². The highest BCUT2D eigenvalue weighted by atomic mass is 16.5. The summed E-state index contributed by atoms with van der Waals surface area (Å²) in [5.41, 5.74) is 3.72. The van der Waals surface area contributed by atoms with Crippen molar-refractivity contribution < 1.29 is 18.7 Å². The molecule has 3 amide bonds. The zero-order chi connectivity index (χ0) is 24.3. The van der Waals surface area contributed by atoms with Crippen LogP contribution in [0.4, 0.5) is 10.5 Å². The molecule has 3 rings (SSSR count). The van der Waals surface area contributed by atoms with Gasteiger partial charge in [0.1, 0.15) is 12.3 Å². The van der Waals surface area contributed by atoms with Gasteiger partial charge in [0.25, 0.3) is 0 Å². The van der Waals surface area contributed by atoms with E-state index in [0.29, 0.717) is 38.4 Å². The molecule has 0 spiro atoms. The summed E-state index contributed by atoms with van der Waals surface area (Å²) in [4.78, 5) is 29.9. The van der Waals surface area contributed by atoms with Crippen LogP contribution in [-0.4, -0.2) is 48.5 Å². The average Bonchev–Trinajstić information content (AvgIpc) is 3.34. The van der Waals surface area contributed by atoms with Crippen molar-refractivity contribution in [3.63, 3.8) is 0 Å². The Kier molecular flexibility index (Phi) is 9.29. The van der Waals surface area contributed by atoms with E-state index in [2.05, 4.69) is 5.32 Å². The number of furan rings is 1. The van der Waals surface area contributed by atoms with Crippen molar-refractivity contribution in [3.05, 3.63) is 89.4 Å². The number of aryl methyl sites for hydroxylation is 2. The molecule has 0 unspecified atom stereocenters. The van der Waals surface area contributed by atoms with Gasteiger partial charge < -0.3 is 24.3 Å². The molecule has 0 radical (unpaired) electrons. The van der Waals surface area contributed by atoms with E-state index in [1.807, 2.05) is 68.4 Å². The van der Waals surface area contributed by atoms with Crippen LogP contribution in [-0.2, 0) is 22.6 Å². The first-order chi connectivity index (χ1) is 16.5. The van der Waals surface area contributed by atoms with Crippen LogP contribution in [0.15, 0.2) is 71.3 Å². The number of anilines is 1. The van der Waals surface area contributed by atoms with E-state index < -0.39 is 0 Å². The summed E-state index contributed by atoms with van der Waals surface area (Å²) < 4.78 is 10.6. The first-order valence-electron chi connectivity index (χ1n) is 11.4. The lowest BCUT2D eigenvalue weighted by Crippen LogP contribution is -2.44. The third-order valence-corrected chi connectivity index (χ3v) is 5.60. The number of methoxy groups -OCH3 is 1.